The normalized spacial score (nSPS) is 10.8. The van der Waals surface area contributed by atoms with Gasteiger partial charge in [-0.05, 0) is 49.4 Å². The molecule has 0 aliphatic rings. The van der Waals surface area contributed by atoms with Crippen molar-refractivity contribution < 1.29 is 9.84 Å². The summed E-state index contributed by atoms with van der Waals surface area (Å²) in [5.41, 5.74) is 2.52. The standard InChI is InChI=1S/C24H34O2/c1-3-5-7-8-9-13-17-22-20(14-6-4-2)18-19-23(25)24(22)26-21-15-11-10-12-16-21/h10-12,15-16,18-19,25H,3-9,13-14,17H2,1-2H3. The lowest BCUT2D eigenvalue weighted by Crippen LogP contribution is -2.00. The van der Waals surface area contributed by atoms with Gasteiger partial charge in [-0.1, -0.05) is 76.6 Å². The first-order chi connectivity index (χ1) is 12.8. The Labute approximate surface area is 159 Å². The summed E-state index contributed by atoms with van der Waals surface area (Å²) in [6.45, 7) is 4.47. The molecule has 0 saturated heterocycles. The van der Waals surface area contributed by atoms with Gasteiger partial charge in [0.2, 0.25) is 0 Å². The van der Waals surface area contributed by atoms with Crippen molar-refractivity contribution in [1.29, 1.82) is 0 Å². The van der Waals surface area contributed by atoms with Crippen molar-refractivity contribution in [3.05, 3.63) is 53.6 Å². The van der Waals surface area contributed by atoms with Crippen LogP contribution in [-0.4, -0.2) is 5.11 Å². The molecular formula is C24H34O2. The fourth-order valence-corrected chi connectivity index (χ4v) is 3.33. The zero-order valence-electron chi connectivity index (χ0n) is 16.5. The molecule has 0 aliphatic carbocycles. The minimum absolute atomic E-state index is 0.245. The number of rotatable bonds is 12. The Bertz CT molecular complexity index is 634. The van der Waals surface area contributed by atoms with Crippen LogP contribution in [0.4, 0.5) is 0 Å². The van der Waals surface area contributed by atoms with Gasteiger partial charge in [0.15, 0.2) is 11.5 Å². The molecule has 2 aromatic carbocycles. The number of phenols is 1. The van der Waals surface area contributed by atoms with Crippen LogP contribution in [0.1, 0.15) is 76.3 Å². The topological polar surface area (TPSA) is 29.5 Å². The Morgan fingerprint density at radius 3 is 2.15 bits per heavy atom. The van der Waals surface area contributed by atoms with Gasteiger partial charge in [-0.15, -0.1) is 0 Å². The fraction of sp³-hybridized carbons (Fsp3) is 0.500. The molecule has 0 aliphatic heterocycles. The Balaban J connectivity index is 2.14. The van der Waals surface area contributed by atoms with E-state index < -0.39 is 0 Å². The summed E-state index contributed by atoms with van der Waals surface area (Å²) < 4.78 is 6.11. The van der Waals surface area contributed by atoms with Crippen molar-refractivity contribution in [1.82, 2.24) is 0 Å². The van der Waals surface area contributed by atoms with Crippen LogP contribution in [0.2, 0.25) is 0 Å². The molecule has 0 heterocycles. The minimum atomic E-state index is 0.245. The SMILES string of the molecule is CCCCCCCCc1c(CCCC)ccc(O)c1Oc1ccccc1. The zero-order chi connectivity index (χ0) is 18.6. The second kappa shape index (κ2) is 11.6. The van der Waals surface area contributed by atoms with Crippen LogP contribution in [0.5, 0.6) is 17.2 Å². The van der Waals surface area contributed by atoms with Crippen LogP contribution in [-0.2, 0) is 12.8 Å². The molecule has 0 amide bonds. The number of para-hydroxylation sites is 1. The number of unbranched alkanes of at least 4 members (excludes halogenated alkanes) is 6. The van der Waals surface area contributed by atoms with E-state index in [1.165, 1.54) is 56.1 Å². The van der Waals surface area contributed by atoms with Gasteiger partial charge < -0.3 is 9.84 Å². The highest BCUT2D eigenvalue weighted by molar-refractivity contribution is 5.52. The van der Waals surface area contributed by atoms with E-state index in [1.807, 2.05) is 30.3 Å². The van der Waals surface area contributed by atoms with E-state index in [0.717, 1.165) is 25.0 Å². The maximum atomic E-state index is 10.5. The highest BCUT2D eigenvalue weighted by atomic mass is 16.5. The third-order valence-corrected chi connectivity index (χ3v) is 4.88. The lowest BCUT2D eigenvalue weighted by atomic mass is 9.95. The molecule has 2 aromatic rings. The molecule has 2 nitrogen and oxygen atoms in total. The van der Waals surface area contributed by atoms with Crippen molar-refractivity contribution in [2.45, 2.75) is 78.1 Å². The van der Waals surface area contributed by atoms with Gasteiger partial charge in [0, 0.05) is 5.56 Å². The second-order valence-electron chi connectivity index (χ2n) is 7.09. The smallest absolute Gasteiger partial charge is 0.172 e. The highest BCUT2D eigenvalue weighted by Gasteiger charge is 2.15. The molecule has 0 unspecified atom stereocenters. The summed E-state index contributed by atoms with van der Waals surface area (Å²) in [6, 6.07) is 13.6. The van der Waals surface area contributed by atoms with Gasteiger partial charge in [0.05, 0.1) is 0 Å². The average Bonchev–Trinajstić information content (AvgIpc) is 2.67. The van der Waals surface area contributed by atoms with Gasteiger partial charge in [0.1, 0.15) is 5.75 Å². The number of phenolic OH excluding ortho intramolecular Hbond substituents is 1. The maximum Gasteiger partial charge on any atom is 0.172 e. The van der Waals surface area contributed by atoms with Gasteiger partial charge in [-0.25, -0.2) is 0 Å². The van der Waals surface area contributed by atoms with Crippen molar-refractivity contribution >= 4 is 0 Å². The van der Waals surface area contributed by atoms with Gasteiger partial charge in [-0.3, -0.25) is 0 Å². The Morgan fingerprint density at radius 1 is 0.731 bits per heavy atom. The monoisotopic (exact) mass is 354 g/mol. The molecule has 0 atom stereocenters. The van der Waals surface area contributed by atoms with Gasteiger partial charge >= 0.3 is 0 Å². The predicted octanol–water partition coefficient (Wildman–Crippen LogP) is 7.43. The molecule has 0 aromatic heterocycles. The molecule has 0 radical (unpaired) electrons. The van der Waals surface area contributed by atoms with E-state index in [-0.39, 0.29) is 5.75 Å². The first-order valence-corrected chi connectivity index (χ1v) is 10.3. The third-order valence-electron chi connectivity index (χ3n) is 4.88. The first kappa shape index (κ1) is 20.4. The zero-order valence-corrected chi connectivity index (χ0v) is 16.5. The van der Waals surface area contributed by atoms with Crippen molar-refractivity contribution in [2.24, 2.45) is 0 Å². The van der Waals surface area contributed by atoms with Crippen molar-refractivity contribution in [2.75, 3.05) is 0 Å². The summed E-state index contributed by atoms with van der Waals surface area (Å²) in [4.78, 5) is 0. The summed E-state index contributed by atoms with van der Waals surface area (Å²) in [5, 5.41) is 10.5. The number of ether oxygens (including phenoxy) is 1. The average molecular weight is 355 g/mol. The van der Waals surface area contributed by atoms with E-state index in [2.05, 4.69) is 19.9 Å². The molecule has 142 valence electrons. The molecule has 26 heavy (non-hydrogen) atoms. The molecule has 2 heteroatoms. The molecular weight excluding hydrogens is 320 g/mol. The highest BCUT2D eigenvalue weighted by Crippen LogP contribution is 2.38. The summed E-state index contributed by atoms with van der Waals surface area (Å²) in [6.07, 6.45) is 12.0. The second-order valence-corrected chi connectivity index (χ2v) is 7.09. The lowest BCUT2D eigenvalue weighted by Gasteiger charge is -2.17. The molecule has 1 N–H and O–H groups in total. The molecule has 0 fully saturated rings. The van der Waals surface area contributed by atoms with Crippen LogP contribution in [0.3, 0.4) is 0 Å². The minimum Gasteiger partial charge on any atom is -0.504 e. The molecule has 2 rings (SSSR count). The largest absolute Gasteiger partial charge is 0.504 e. The summed E-state index contributed by atoms with van der Waals surface area (Å²) in [7, 11) is 0. The number of aromatic hydroxyl groups is 1. The number of aryl methyl sites for hydroxylation is 1. The van der Waals surface area contributed by atoms with Gasteiger partial charge in [0.25, 0.3) is 0 Å². The molecule has 0 bridgehead atoms. The first-order valence-electron chi connectivity index (χ1n) is 10.3. The van der Waals surface area contributed by atoms with Gasteiger partial charge in [-0.2, -0.15) is 0 Å². The fourth-order valence-electron chi connectivity index (χ4n) is 3.33. The van der Waals surface area contributed by atoms with Crippen molar-refractivity contribution in [3.8, 4) is 17.2 Å². The number of benzene rings is 2. The maximum absolute atomic E-state index is 10.5. The van der Waals surface area contributed by atoms with Crippen LogP contribution in [0.25, 0.3) is 0 Å². The van der Waals surface area contributed by atoms with Crippen LogP contribution in [0.15, 0.2) is 42.5 Å². The Kier molecular flexibility index (Phi) is 9.09. The Hall–Kier alpha value is -1.96. The number of hydrogen-bond donors (Lipinski definition) is 1. The number of hydrogen-bond acceptors (Lipinski definition) is 2. The van der Waals surface area contributed by atoms with Crippen LogP contribution in [0, 0.1) is 0 Å². The van der Waals surface area contributed by atoms with E-state index in [9.17, 15) is 5.11 Å². The van der Waals surface area contributed by atoms with E-state index in [1.54, 1.807) is 6.07 Å². The summed E-state index contributed by atoms with van der Waals surface area (Å²) in [5.74, 6) is 1.67. The Morgan fingerprint density at radius 2 is 1.42 bits per heavy atom. The molecule has 0 spiro atoms. The summed E-state index contributed by atoms with van der Waals surface area (Å²) >= 11 is 0. The predicted molar refractivity (Wildman–Crippen MR) is 110 cm³/mol. The lowest BCUT2D eigenvalue weighted by molar-refractivity contribution is 0.405. The van der Waals surface area contributed by atoms with E-state index >= 15 is 0 Å². The van der Waals surface area contributed by atoms with E-state index in [4.69, 9.17) is 4.74 Å². The third kappa shape index (κ3) is 6.40. The van der Waals surface area contributed by atoms with E-state index in [0.29, 0.717) is 5.75 Å². The van der Waals surface area contributed by atoms with Crippen LogP contribution >= 0.6 is 0 Å². The van der Waals surface area contributed by atoms with Crippen molar-refractivity contribution in [3.63, 3.8) is 0 Å². The molecule has 0 saturated carbocycles. The quantitative estimate of drug-likeness (QED) is 0.402. The van der Waals surface area contributed by atoms with Crippen LogP contribution < -0.4 is 4.74 Å².